The maximum Gasteiger partial charge on any atom is 0.241 e. The van der Waals surface area contributed by atoms with E-state index in [0.29, 0.717) is 18.7 Å². The SMILES string of the molecule is O=C(Nc1cnn(-c2ccccc2)c1)C1CC(O)CN1. The summed E-state index contributed by atoms with van der Waals surface area (Å²) in [6.45, 7) is 0.460. The molecule has 1 aliphatic heterocycles. The van der Waals surface area contributed by atoms with Gasteiger partial charge in [-0.3, -0.25) is 4.79 Å². The number of carbonyl (C=O) groups is 1. The van der Waals surface area contributed by atoms with E-state index in [-0.39, 0.29) is 11.9 Å². The Bertz CT molecular complexity index is 596. The number of para-hydroxylation sites is 1. The number of hydrogen-bond acceptors (Lipinski definition) is 4. The zero-order chi connectivity index (χ0) is 13.9. The molecule has 0 radical (unpaired) electrons. The van der Waals surface area contributed by atoms with E-state index in [0.717, 1.165) is 5.69 Å². The van der Waals surface area contributed by atoms with Crippen molar-refractivity contribution >= 4 is 11.6 Å². The number of hydrogen-bond donors (Lipinski definition) is 3. The summed E-state index contributed by atoms with van der Waals surface area (Å²) < 4.78 is 1.70. The lowest BCUT2D eigenvalue weighted by atomic mass is 10.2. The third-order valence-electron chi connectivity index (χ3n) is 3.30. The zero-order valence-electron chi connectivity index (χ0n) is 10.9. The first-order chi connectivity index (χ1) is 9.72. The predicted octanol–water partition coefficient (Wildman–Crippen LogP) is 0.534. The lowest BCUT2D eigenvalue weighted by Gasteiger charge is -2.09. The van der Waals surface area contributed by atoms with E-state index in [9.17, 15) is 9.90 Å². The molecule has 1 aromatic carbocycles. The van der Waals surface area contributed by atoms with Crippen LogP contribution in [-0.4, -0.2) is 39.5 Å². The van der Waals surface area contributed by atoms with Crippen LogP contribution < -0.4 is 10.6 Å². The second kappa shape index (κ2) is 5.44. The molecule has 20 heavy (non-hydrogen) atoms. The van der Waals surface area contributed by atoms with Gasteiger partial charge in [-0.25, -0.2) is 4.68 Å². The van der Waals surface area contributed by atoms with Crippen LogP contribution in [0.4, 0.5) is 5.69 Å². The van der Waals surface area contributed by atoms with E-state index in [1.807, 2.05) is 30.3 Å². The smallest absolute Gasteiger partial charge is 0.241 e. The van der Waals surface area contributed by atoms with Gasteiger partial charge in [0.2, 0.25) is 5.91 Å². The van der Waals surface area contributed by atoms with Gasteiger partial charge in [0.05, 0.1) is 35.9 Å². The summed E-state index contributed by atoms with van der Waals surface area (Å²) in [5, 5.41) is 19.4. The fourth-order valence-electron chi connectivity index (χ4n) is 2.26. The molecule has 2 unspecified atom stereocenters. The zero-order valence-corrected chi connectivity index (χ0v) is 10.9. The van der Waals surface area contributed by atoms with Gasteiger partial charge in [-0.15, -0.1) is 0 Å². The normalized spacial score (nSPS) is 21.9. The molecule has 3 rings (SSSR count). The Balaban J connectivity index is 1.67. The van der Waals surface area contributed by atoms with Crippen molar-refractivity contribution in [2.75, 3.05) is 11.9 Å². The predicted molar refractivity (Wildman–Crippen MR) is 74.6 cm³/mol. The average molecular weight is 272 g/mol. The molecule has 1 amide bonds. The molecule has 1 aliphatic rings. The number of nitrogens with one attached hydrogen (secondary N) is 2. The van der Waals surface area contributed by atoms with Gasteiger partial charge in [0.1, 0.15) is 0 Å². The fourth-order valence-corrected chi connectivity index (χ4v) is 2.26. The van der Waals surface area contributed by atoms with Gasteiger partial charge in [0.15, 0.2) is 0 Å². The quantitative estimate of drug-likeness (QED) is 0.761. The van der Waals surface area contributed by atoms with E-state index in [1.165, 1.54) is 0 Å². The standard InChI is InChI=1S/C14H16N4O2/c19-12-6-13(15-8-12)14(20)17-10-7-16-18(9-10)11-4-2-1-3-5-11/h1-5,7,9,12-13,15,19H,6,8H2,(H,17,20). The van der Waals surface area contributed by atoms with Gasteiger partial charge in [0.25, 0.3) is 0 Å². The van der Waals surface area contributed by atoms with Crippen molar-refractivity contribution in [1.29, 1.82) is 0 Å². The summed E-state index contributed by atoms with van der Waals surface area (Å²) in [6.07, 6.45) is 3.37. The summed E-state index contributed by atoms with van der Waals surface area (Å²) in [4.78, 5) is 12.0. The first-order valence-corrected chi connectivity index (χ1v) is 6.55. The third kappa shape index (κ3) is 2.71. The lowest BCUT2D eigenvalue weighted by molar-refractivity contribution is -0.117. The summed E-state index contributed by atoms with van der Waals surface area (Å²) in [5.41, 5.74) is 1.57. The van der Waals surface area contributed by atoms with Crippen LogP contribution in [0.25, 0.3) is 5.69 Å². The van der Waals surface area contributed by atoms with Crippen molar-refractivity contribution in [3.8, 4) is 5.69 Å². The maximum atomic E-state index is 12.0. The number of nitrogens with zero attached hydrogens (tertiary/aromatic N) is 2. The number of β-amino-alcohol motifs (C(OH)–C–C–N with tert-alkyl or cyclic N) is 1. The minimum absolute atomic E-state index is 0.144. The van der Waals surface area contributed by atoms with Crippen molar-refractivity contribution in [3.63, 3.8) is 0 Å². The molecule has 1 aromatic heterocycles. The number of aliphatic hydroxyl groups is 1. The van der Waals surface area contributed by atoms with Crippen LogP contribution in [0.1, 0.15) is 6.42 Å². The topological polar surface area (TPSA) is 79.2 Å². The number of aromatic nitrogens is 2. The molecule has 104 valence electrons. The Labute approximate surface area is 116 Å². The summed E-state index contributed by atoms with van der Waals surface area (Å²) in [5.74, 6) is -0.144. The van der Waals surface area contributed by atoms with Crippen LogP contribution in [0.15, 0.2) is 42.7 Å². The molecular formula is C14H16N4O2. The van der Waals surface area contributed by atoms with Crippen LogP contribution in [0.3, 0.4) is 0 Å². The van der Waals surface area contributed by atoms with Crippen LogP contribution >= 0.6 is 0 Å². The molecule has 2 atom stereocenters. The molecule has 0 spiro atoms. The minimum atomic E-state index is -0.446. The maximum absolute atomic E-state index is 12.0. The first-order valence-electron chi connectivity index (χ1n) is 6.55. The second-order valence-electron chi connectivity index (χ2n) is 4.85. The highest BCUT2D eigenvalue weighted by Gasteiger charge is 2.28. The summed E-state index contributed by atoms with van der Waals surface area (Å²) >= 11 is 0. The van der Waals surface area contributed by atoms with Gasteiger partial charge in [-0.1, -0.05) is 18.2 Å². The Morgan fingerprint density at radius 2 is 2.20 bits per heavy atom. The Kier molecular flexibility index (Phi) is 3.49. The number of benzene rings is 1. The van der Waals surface area contributed by atoms with Gasteiger partial charge in [-0.2, -0.15) is 5.10 Å². The number of anilines is 1. The molecule has 6 heteroatoms. The van der Waals surface area contributed by atoms with Gasteiger partial charge in [-0.05, 0) is 18.6 Å². The molecule has 3 N–H and O–H groups in total. The fraction of sp³-hybridized carbons (Fsp3) is 0.286. The molecule has 1 fully saturated rings. The third-order valence-corrected chi connectivity index (χ3v) is 3.30. The van der Waals surface area contributed by atoms with E-state index in [4.69, 9.17) is 0 Å². The molecule has 0 bridgehead atoms. The van der Waals surface area contributed by atoms with Crippen LogP contribution in [-0.2, 0) is 4.79 Å². The van der Waals surface area contributed by atoms with Crippen molar-refractivity contribution in [2.24, 2.45) is 0 Å². The number of rotatable bonds is 3. The van der Waals surface area contributed by atoms with Gasteiger partial charge in [0, 0.05) is 6.54 Å². The van der Waals surface area contributed by atoms with Crippen molar-refractivity contribution < 1.29 is 9.90 Å². The van der Waals surface area contributed by atoms with Crippen LogP contribution in [0.2, 0.25) is 0 Å². The minimum Gasteiger partial charge on any atom is -0.392 e. The molecule has 6 nitrogen and oxygen atoms in total. The monoisotopic (exact) mass is 272 g/mol. The van der Waals surface area contributed by atoms with Crippen LogP contribution in [0, 0.1) is 0 Å². The first kappa shape index (κ1) is 12.8. The van der Waals surface area contributed by atoms with E-state index >= 15 is 0 Å². The Morgan fingerprint density at radius 3 is 2.90 bits per heavy atom. The molecule has 1 saturated heterocycles. The van der Waals surface area contributed by atoms with E-state index < -0.39 is 6.10 Å². The Hall–Kier alpha value is -2.18. The van der Waals surface area contributed by atoms with Crippen molar-refractivity contribution in [3.05, 3.63) is 42.7 Å². The highest BCUT2D eigenvalue weighted by Crippen LogP contribution is 2.13. The summed E-state index contributed by atoms with van der Waals surface area (Å²) in [6, 6.07) is 9.33. The lowest BCUT2D eigenvalue weighted by Crippen LogP contribution is -2.35. The molecule has 2 aromatic rings. The van der Waals surface area contributed by atoms with Crippen molar-refractivity contribution in [1.82, 2.24) is 15.1 Å². The number of amides is 1. The Morgan fingerprint density at radius 1 is 1.40 bits per heavy atom. The van der Waals surface area contributed by atoms with Crippen molar-refractivity contribution in [2.45, 2.75) is 18.6 Å². The molecule has 0 saturated carbocycles. The number of carbonyl (C=O) groups excluding carboxylic acids is 1. The van der Waals surface area contributed by atoms with Gasteiger partial charge < -0.3 is 15.7 Å². The number of aliphatic hydroxyl groups excluding tert-OH is 1. The highest BCUT2D eigenvalue weighted by molar-refractivity contribution is 5.94. The largest absolute Gasteiger partial charge is 0.392 e. The highest BCUT2D eigenvalue weighted by atomic mass is 16.3. The summed E-state index contributed by atoms with van der Waals surface area (Å²) in [7, 11) is 0. The molecular weight excluding hydrogens is 256 g/mol. The second-order valence-corrected chi connectivity index (χ2v) is 4.85. The van der Waals surface area contributed by atoms with Crippen LogP contribution in [0.5, 0.6) is 0 Å². The average Bonchev–Trinajstić information content (AvgIpc) is 3.09. The molecule has 0 aliphatic carbocycles. The molecule has 2 heterocycles. The van der Waals surface area contributed by atoms with E-state index in [2.05, 4.69) is 15.7 Å². The van der Waals surface area contributed by atoms with Gasteiger partial charge >= 0.3 is 0 Å². The van der Waals surface area contributed by atoms with E-state index in [1.54, 1.807) is 17.1 Å².